The molecule has 1 aromatic carbocycles. The summed E-state index contributed by atoms with van der Waals surface area (Å²) in [7, 11) is 1.28. The molecule has 7 heteroatoms. The number of benzene rings is 1. The molecule has 114 valence electrons. The van der Waals surface area contributed by atoms with E-state index in [-0.39, 0.29) is 5.82 Å². The van der Waals surface area contributed by atoms with Gasteiger partial charge in [-0.15, -0.1) is 0 Å². The van der Waals surface area contributed by atoms with Crippen LogP contribution in [0, 0.1) is 12.7 Å². The van der Waals surface area contributed by atoms with Crippen LogP contribution in [0.15, 0.2) is 30.3 Å². The largest absolute Gasteiger partial charge is 0.465 e. The molecule has 0 atom stereocenters. The van der Waals surface area contributed by atoms with E-state index in [1.165, 1.54) is 31.4 Å². The number of esters is 1. The third-order valence-corrected chi connectivity index (χ3v) is 3.73. The number of ether oxygens (including phenoxy) is 1. The molecule has 0 bridgehead atoms. The van der Waals surface area contributed by atoms with Gasteiger partial charge in [0.2, 0.25) is 5.91 Å². The smallest absolute Gasteiger partial charge is 0.350 e. The Hall–Kier alpha value is -2.54. The summed E-state index contributed by atoms with van der Waals surface area (Å²) in [5.74, 6) is -1.29. The molecule has 2 aromatic rings. The number of aryl methyl sites for hydroxylation is 1. The van der Waals surface area contributed by atoms with Crippen molar-refractivity contribution in [2.45, 2.75) is 6.92 Å². The van der Waals surface area contributed by atoms with E-state index in [0.717, 1.165) is 11.3 Å². The van der Waals surface area contributed by atoms with Crippen molar-refractivity contribution >= 4 is 34.4 Å². The van der Waals surface area contributed by atoms with Gasteiger partial charge < -0.3 is 4.74 Å². The number of nitrogens with zero attached hydrogens (tertiary/aromatic N) is 1. The molecular formula is C15H13FN2O3S. The summed E-state index contributed by atoms with van der Waals surface area (Å²) in [6.45, 7) is 1.65. The SMILES string of the molecule is COC(=O)c1sc(NC(=O)C=Cc2cccc(F)c2)nc1C. The Morgan fingerprint density at radius 1 is 1.41 bits per heavy atom. The molecule has 2 rings (SSSR count). The molecule has 1 heterocycles. The summed E-state index contributed by atoms with van der Waals surface area (Å²) in [6.07, 6.45) is 2.75. The van der Waals surface area contributed by atoms with Crippen LogP contribution in [-0.4, -0.2) is 24.0 Å². The van der Waals surface area contributed by atoms with Crippen molar-refractivity contribution in [1.82, 2.24) is 4.98 Å². The number of aromatic nitrogens is 1. The third kappa shape index (κ3) is 3.98. The Morgan fingerprint density at radius 2 is 2.18 bits per heavy atom. The first-order valence-corrected chi connectivity index (χ1v) is 7.11. The second-order valence-corrected chi connectivity index (χ2v) is 5.30. The molecule has 0 radical (unpaired) electrons. The number of amides is 1. The number of thiazole rings is 1. The molecule has 1 amide bonds. The van der Waals surface area contributed by atoms with Crippen LogP contribution in [-0.2, 0) is 9.53 Å². The van der Waals surface area contributed by atoms with Crippen LogP contribution < -0.4 is 5.32 Å². The van der Waals surface area contributed by atoms with E-state index in [9.17, 15) is 14.0 Å². The maximum absolute atomic E-state index is 13.0. The first-order chi connectivity index (χ1) is 10.5. The van der Waals surface area contributed by atoms with Crippen molar-refractivity contribution in [2.75, 3.05) is 12.4 Å². The molecule has 1 aromatic heterocycles. The van der Waals surface area contributed by atoms with Gasteiger partial charge in [-0.05, 0) is 30.7 Å². The second kappa shape index (κ2) is 6.95. The maximum atomic E-state index is 13.0. The van der Waals surface area contributed by atoms with E-state index in [1.807, 2.05) is 0 Å². The van der Waals surface area contributed by atoms with Crippen LogP contribution in [0.2, 0.25) is 0 Å². The summed E-state index contributed by atoms with van der Waals surface area (Å²) in [6, 6.07) is 5.87. The molecule has 0 spiro atoms. The molecular weight excluding hydrogens is 307 g/mol. The molecule has 0 unspecified atom stereocenters. The zero-order chi connectivity index (χ0) is 16.1. The van der Waals surface area contributed by atoms with Crippen LogP contribution in [0.25, 0.3) is 6.08 Å². The van der Waals surface area contributed by atoms with Crippen LogP contribution in [0.5, 0.6) is 0 Å². The van der Waals surface area contributed by atoms with E-state index in [4.69, 9.17) is 0 Å². The van der Waals surface area contributed by atoms with Gasteiger partial charge in [-0.2, -0.15) is 0 Å². The van der Waals surface area contributed by atoms with Gasteiger partial charge in [0.15, 0.2) is 5.13 Å². The highest BCUT2D eigenvalue weighted by atomic mass is 32.1. The van der Waals surface area contributed by atoms with E-state index in [1.54, 1.807) is 19.1 Å². The molecule has 5 nitrogen and oxygen atoms in total. The fourth-order valence-electron chi connectivity index (χ4n) is 1.66. The summed E-state index contributed by atoms with van der Waals surface area (Å²) >= 11 is 1.03. The predicted molar refractivity (Wildman–Crippen MR) is 82.3 cm³/mol. The van der Waals surface area contributed by atoms with Crippen molar-refractivity contribution in [2.24, 2.45) is 0 Å². The summed E-state index contributed by atoms with van der Waals surface area (Å²) in [5.41, 5.74) is 1.06. The zero-order valence-electron chi connectivity index (χ0n) is 11.9. The van der Waals surface area contributed by atoms with Crippen molar-refractivity contribution < 1.29 is 18.7 Å². The monoisotopic (exact) mass is 320 g/mol. The van der Waals surface area contributed by atoms with E-state index < -0.39 is 11.9 Å². The van der Waals surface area contributed by atoms with E-state index in [0.29, 0.717) is 21.3 Å². The van der Waals surface area contributed by atoms with Gasteiger partial charge in [0, 0.05) is 6.08 Å². The fraction of sp³-hybridized carbons (Fsp3) is 0.133. The van der Waals surface area contributed by atoms with Crippen LogP contribution in [0.4, 0.5) is 9.52 Å². The lowest BCUT2D eigenvalue weighted by atomic mass is 10.2. The van der Waals surface area contributed by atoms with Gasteiger partial charge in [0.1, 0.15) is 10.7 Å². The predicted octanol–water partition coefficient (Wildman–Crippen LogP) is 3.03. The average molecular weight is 320 g/mol. The van der Waals surface area contributed by atoms with Crippen LogP contribution >= 0.6 is 11.3 Å². The Kier molecular flexibility index (Phi) is 5.00. The van der Waals surface area contributed by atoms with Crippen molar-refractivity contribution in [3.05, 3.63) is 52.3 Å². The van der Waals surface area contributed by atoms with E-state index >= 15 is 0 Å². The molecule has 0 aliphatic rings. The Morgan fingerprint density at radius 3 is 2.86 bits per heavy atom. The second-order valence-electron chi connectivity index (χ2n) is 4.30. The van der Waals surface area contributed by atoms with Crippen LogP contribution in [0.3, 0.4) is 0 Å². The number of hydrogen-bond acceptors (Lipinski definition) is 5. The summed E-state index contributed by atoms with van der Waals surface area (Å²) in [4.78, 5) is 27.7. The first kappa shape index (κ1) is 15.8. The zero-order valence-corrected chi connectivity index (χ0v) is 12.7. The number of halogens is 1. The Bertz CT molecular complexity index is 740. The maximum Gasteiger partial charge on any atom is 0.350 e. The topological polar surface area (TPSA) is 68.3 Å². The number of anilines is 1. The van der Waals surface area contributed by atoms with E-state index in [2.05, 4.69) is 15.0 Å². The lowest BCUT2D eigenvalue weighted by Crippen LogP contribution is -2.07. The van der Waals surface area contributed by atoms with Crippen molar-refractivity contribution in [3.8, 4) is 0 Å². The third-order valence-electron chi connectivity index (χ3n) is 2.67. The highest BCUT2D eigenvalue weighted by Gasteiger charge is 2.16. The van der Waals surface area contributed by atoms with Gasteiger partial charge in [0.25, 0.3) is 0 Å². The highest BCUT2D eigenvalue weighted by Crippen LogP contribution is 2.23. The van der Waals surface area contributed by atoms with Crippen LogP contribution in [0.1, 0.15) is 20.9 Å². The number of rotatable bonds is 4. The van der Waals surface area contributed by atoms with Crippen molar-refractivity contribution in [3.63, 3.8) is 0 Å². The van der Waals surface area contributed by atoms with Gasteiger partial charge >= 0.3 is 5.97 Å². The molecule has 0 fully saturated rings. The van der Waals surface area contributed by atoms with Gasteiger partial charge in [-0.1, -0.05) is 23.5 Å². The molecule has 22 heavy (non-hydrogen) atoms. The van der Waals surface area contributed by atoms with Crippen molar-refractivity contribution in [1.29, 1.82) is 0 Å². The summed E-state index contributed by atoms with van der Waals surface area (Å²) in [5, 5.41) is 2.85. The van der Waals surface area contributed by atoms with Gasteiger partial charge in [-0.25, -0.2) is 14.2 Å². The number of methoxy groups -OCH3 is 1. The molecule has 1 N–H and O–H groups in total. The minimum Gasteiger partial charge on any atom is -0.465 e. The Labute approximate surface area is 130 Å². The normalized spacial score (nSPS) is 10.7. The standard InChI is InChI=1S/C15H13FN2O3S/c1-9-13(14(20)21-2)22-15(17-9)18-12(19)7-6-10-4-3-5-11(16)8-10/h3-8H,1-2H3,(H,17,18,19). The Balaban J connectivity index is 2.05. The molecule has 0 aliphatic carbocycles. The molecule has 0 saturated carbocycles. The molecule has 0 aliphatic heterocycles. The first-order valence-electron chi connectivity index (χ1n) is 6.30. The fourth-order valence-corrected chi connectivity index (χ4v) is 2.55. The number of carbonyl (C=O) groups excluding carboxylic acids is 2. The van der Waals surface area contributed by atoms with Gasteiger partial charge in [0.05, 0.1) is 12.8 Å². The number of carbonyl (C=O) groups is 2. The number of hydrogen-bond donors (Lipinski definition) is 1. The number of nitrogens with one attached hydrogen (secondary N) is 1. The highest BCUT2D eigenvalue weighted by molar-refractivity contribution is 7.17. The minimum absolute atomic E-state index is 0.298. The quantitative estimate of drug-likeness (QED) is 0.694. The molecule has 0 saturated heterocycles. The lowest BCUT2D eigenvalue weighted by molar-refractivity contribution is -0.111. The minimum atomic E-state index is -0.495. The average Bonchev–Trinajstić information content (AvgIpc) is 2.85. The lowest BCUT2D eigenvalue weighted by Gasteiger charge is -1.96. The summed E-state index contributed by atoms with van der Waals surface area (Å²) < 4.78 is 17.6. The van der Waals surface area contributed by atoms with Gasteiger partial charge in [-0.3, -0.25) is 10.1 Å².